The molecular weight excluding hydrogens is 330 g/mol. The second-order valence-electron chi connectivity index (χ2n) is 7.49. The van der Waals surface area contributed by atoms with Crippen molar-refractivity contribution in [1.82, 2.24) is 4.90 Å². The topological polar surface area (TPSA) is 40.2 Å². The summed E-state index contributed by atoms with van der Waals surface area (Å²) in [4.78, 5) is 2.24. The maximum atomic E-state index is 6.67. The summed E-state index contributed by atoms with van der Waals surface area (Å²) in [7, 11) is 1.68. The number of rotatable bonds is 3. The van der Waals surface area contributed by atoms with Gasteiger partial charge in [-0.2, -0.15) is 0 Å². The van der Waals surface area contributed by atoms with Gasteiger partial charge in [0, 0.05) is 0 Å². The number of hydrogen-bond acceptors (Lipinski definition) is 5. The molecule has 0 amide bonds. The van der Waals surface area contributed by atoms with Crippen molar-refractivity contribution in [3.05, 3.63) is 65.7 Å². The fraction of sp³-hybridized carbons (Fsp3) is 0.429. The van der Waals surface area contributed by atoms with Gasteiger partial charge in [-0.3, -0.25) is 0 Å². The molecule has 3 saturated heterocycles. The van der Waals surface area contributed by atoms with E-state index < -0.39 is 11.2 Å². The van der Waals surface area contributed by atoms with Gasteiger partial charge in [-0.05, 0) is 37.1 Å². The van der Waals surface area contributed by atoms with Crippen molar-refractivity contribution in [2.75, 3.05) is 13.7 Å². The molecule has 0 aliphatic carbocycles. The Morgan fingerprint density at radius 2 is 1.65 bits per heavy atom. The van der Waals surface area contributed by atoms with Gasteiger partial charge in [-0.1, -0.05) is 42.5 Å². The van der Waals surface area contributed by atoms with E-state index in [2.05, 4.69) is 36.9 Å². The van der Waals surface area contributed by atoms with Crippen molar-refractivity contribution in [3.8, 4) is 5.75 Å². The van der Waals surface area contributed by atoms with E-state index in [0.29, 0.717) is 6.61 Å². The minimum Gasteiger partial charge on any atom is -0.497 e. The van der Waals surface area contributed by atoms with Crippen LogP contribution in [0.25, 0.3) is 0 Å². The summed E-state index contributed by atoms with van der Waals surface area (Å²) in [5.41, 5.74) is 1.04. The maximum Gasteiger partial charge on any atom is 0.149 e. The fourth-order valence-electron chi connectivity index (χ4n) is 4.52. The van der Waals surface area contributed by atoms with Crippen LogP contribution < -0.4 is 4.74 Å². The zero-order valence-corrected chi connectivity index (χ0v) is 15.2. The molecule has 0 unspecified atom stereocenters. The van der Waals surface area contributed by atoms with Gasteiger partial charge in [-0.15, -0.1) is 0 Å². The first-order chi connectivity index (χ1) is 12.6. The first-order valence-electron chi connectivity index (χ1n) is 9.01. The van der Waals surface area contributed by atoms with Gasteiger partial charge in [0.1, 0.15) is 35.6 Å². The molecule has 3 aliphatic heterocycles. The lowest BCUT2D eigenvalue weighted by molar-refractivity contribution is -0.138. The van der Waals surface area contributed by atoms with Crippen LogP contribution in [0.1, 0.15) is 25.0 Å². The lowest BCUT2D eigenvalue weighted by Crippen LogP contribution is -2.40. The second kappa shape index (κ2) is 5.54. The third kappa shape index (κ3) is 2.06. The normalized spacial score (nSPS) is 38.5. The summed E-state index contributed by atoms with van der Waals surface area (Å²) in [6, 6.07) is 18.3. The number of methoxy groups -OCH3 is 1. The Bertz CT molecular complexity index is 828. The minimum atomic E-state index is -0.590. The van der Waals surface area contributed by atoms with Gasteiger partial charge < -0.3 is 18.9 Å². The molecule has 3 aliphatic rings. The Morgan fingerprint density at radius 3 is 2.42 bits per heavy atom. The number of ether oxygens (including phenoxy) is 4. The molecule has 136 valence electrons. The van der Waals surface area contributed by atoms with E-state index in [1.165, 1.54) is 0 Å². The molecule has 5 rings (SSSR count). The molecule has 26 heavy (non-hydrogen) atoms. The van der Waals surface area contributed by atoms with E-state index in [-0.39, 0.29) is 18.7 Å². The number of hydrogen-bond donors (Lipinski definition) is 0. The Hall–Kier alpha value is -1.92. The first kappa shape index (κ1) is 16.3. The average Bonchev–Trinajstić information content (AvgIpc) is 3.31. The Morgan fingerprint density at radius 1 is 0.923 bits per heavy atom. The molecular formula is C21H23NO4. The number of benzene rings is 2. The molecule has 2 aromatic rings. The molecule has 2 aromatic carbocycles. The minimum absolute atomic E-state index is 0.105. The van der Waals surface area contributed by atoms with Crippen molar-refractivity contribution >= 4 is 0 Å². The van der Waals surface area contributed by atoms with Crippen molar-refractivity contribution < 1.29 is 18.9 Å². The predicted octanol–water partition coefficient (Wildman–Crippen LogP) is 3.20. The van der Waals surface area contributed by atoms with Crippen LogP contribution in [-0.4, -0.2) is 37.3 Å². The van der Waals surface area contributed by atoms with E-state index in [9.17, 15) is 0 Å². The van der Waals surface area contributed by atoms with Crippen LogP contribution in [-0.2, 0) is 25.4 Å². The highest BCUT2D eigenvalue weighted by atomic mass is 16.7. The van der Waals surface area contributed by atoms with Crippen molar-refractivity contribution in [3.63, 3.8) is 0 Å². The Labute approximate surface area is 153 Å². The predicted molar refractivity (Wildman–Crippen MR) is 95.5 cm³/mol. The number of nitrogens with zero attached hydrogens (tertiary/aromatic N) is 1. The van der Waals surface area contributed by atoms with Gasteiger partial charge in [0.2, 0.25) is 0 Å². The van der Waals surface area contributed by atoms with E-state index in [1.54, 1.807) is 7.11 Å². The van der Waals surface area contributed by atoms with Crippen LogP contribution in [0.2, 0.25) is 0 Å². The molecule has 0 saturated carbocycles. The summed E-state index contributed by atoms with van der Waals surface area (Å²) in [5.74, 6) is 0.816. The van der Waals surface area contributed by atoms with Crippen molar-refractivity contribution in [2.45, 2.75) is 43.7 Å². The van der Waals surface area contributed by atoms with Crippen LogP contribution in [0.5, 0.6) is 5.75 Å². The SMILES string of the molecule is COc1cccc([C@]2(C)O[C@H]3CO[C@@H]4N3[C@H]2O[C@@]4(C)c2ccccc2)c1. The Balaban J connectivity index is 1.57. The van der Waals surface area contributed by atoms with Gasteiger partial charge >= 0.3 is 0 Å². The fourth-order valence-corrected chi connectivity index (χ4v) is 4.52. The zero-order chi connectivity index (χ0) is 17.9. The maximum absolute atomic E-state index is 6.67. The highest BCUT2D eigenvalue weighted by molar-refractivity contribution is 5.35. The van der Waals surface area contributed by atoms with Crippen LogP contribution >= 0.6 is 0 Å². The zero-order valence-electron chi connectivity index (χ0n) is 15.2. The molecule has 5 heteroatoms. The van der Waals surface area contributed by atoms with Gasteiger partial charge in [0.05, 0.1) is 13.7 Å². The molecule has 0 spiro atoms. The monoisotopic (exact) mass is 353 g/mol. The third-order valence-electron chi connectivity index (χ3n) is 5.94. The molecule has 0 bridgehead atoms. The molecule has 0 aromatic heterocycles. The summed E-state index contributed by atoms with van der Waals surface area (Å²) in [6.07, 6.45) is -0.489. The highest BCUT2D eigenvalue weighted by Crippen LogP contribution is 2.55. The van der Waals surface area contributed by atoms with Gasteiger partial charge in [0.15, 0.2) is 0 Å². The second-order valence-corrected chi connectivity index (χ2v) is 7.49. The van der Waals surface area contributed by atoms with Gasteiger partial charge in [-0.25, -0.2) is 4.90 Å². The standard InChI is InChI=1S/C21H23NO4/c1-20(14-8-5-4-6-9-14)18-22-17(13-24-18)25-21(2,19(22)26-20)15-10-7-11-16(12-15)23-3/h4-12,17-19H,13H2,1-3H3/t17-,18-,19-,20-,21-/m0/s1. The average molecular weight is 353 g/mol. The third-order valence-corrected chi connectivity index (χ3v) is 5.94. The van der Waals surface area contributed by atoms with Gasteiger partial charge in [0.25, 0.3) is 0 Å². The largest absolute Gasteiger partial charge is 0.497 e. The summed E-state index contributed by atoms with van der Waals surface area (Å²) < 4.78 is 24.6. The van der Waals surface area contributed by atoms with Crippen LogP contribution in [0, 0.1) is 0 Å². The smallest absolute Gasteiger partial charge is 0.149 e. The summed E-state index contributed by atoms with van der Waals surface area (Å²) in [5, 5.41) is 0. The van der Waals surface area contributed by atoms with E-state index in [0.717, 1.165) is 16.9 Å². The highest BCUT2D eigenvalue weighted by Gasteiger charge is 2.68. The molecule has 3 fully saturated rings. The Kier molecular flexibility index (Phi) is 3.46. The van der Waals surface area contributed by atoms with Crippen LogP contribution in [0.3, 0.4) is 0 Å². The van der Waals surface area contributed by atoms with E-state index in [4.69, 9.17) is 18.9 Å². The van der Waals surface area contributed by atoms with E-state index >= 15 is 0 Å². The molecule has 0 N–H and O–H groups in total. The lowest BCUT2D eigenvalue weighted by Gasteiger charge is -2.33. The molecule has 3 heterocycles. The summed E-state index contributed by atoms with van der Waals surface area (Å²) >= 11 is 0. The van der Waals surface area contributed by atoms with Crippen LogP contribution in [0.15, 0.2) is 54.6 Å². The molecule has 0 radical (unpaired) electrons. The first-order valence-corrected chi connectivity index (χ1v) is 9.01. The quantitative estimate of drug-likeness (QED) is 0.847. The molecule has 5 nitrogen and oxygen atoms in total. The van der Waals surface area contributed by atoms with Crippen molar-refractivity contribution in [2.24, 2.45) is 0 Å². The van der Waals surface area contributed by atoms with Crippen LogP contribution in [0.4, 0.5) is 0 Å². The van der Waals surface area contributed by atoms with Crippen molar-refractivity contribution in [1.29, 1.82) is 0 Å². The molecule has 5 atom stereocenters. The lowest BCUT2D eigenvalue weighted by atomic mass is 9.94. The summed E-state index contributed by atoms with van der Waals surface area (Å²) in [6.45, 7) is 4.75. The van der Waals surface area contributed by atoms with E-state index in [1.807, 2.05) is 36.4 Å².